The van der Waals surface area contributed by atoms with E-state index >= 15 is 0 Å². The van der Waals surface area contributed by atoms with Crippen LogP contribution in [0.4, 0.5) is 0 Å². The highest BCUT2D eigenvalue weighted by Gasteiger charge is 2.26. The summed E-state index contributed by atoms with van der Waals surface area (Å²) in [6.45, 7) is 0. The van der Waals surface area contributed by atoms with Gasteiger partial charge in [0.05, 0.1) is 5.70 Å². The Labute approximate surface area is 138 Å². The molecule has 4 rings (SSSR count). The number of aromatic nitrogens is 3. The number of fused-ring (bicyclic) bond motifs is 1. The second kappa shape index (κ2) is 5.97. The van der Waals surface area contributed by atoms with Gasteiger partial charge in [0.25, 0.3) is 0 Å². The van der Waals surface area contributed by atoms with Crippen LogP contribution in [0.25, 0.3) is 5.70 Å². The quantitative estimate of drug-likeness (QED) is 0.870. The molecule has 1 aromatic carbocycles. The van der Waals surface area contributed by atoms with E-state index < -0.39 is 0 Å². The van der Waals surface area contributed by atoms with Crippen molar-refractivity contribution in [1.82, 2.24) is 14.9 Å². The predicted molar refractivity (Wildman–Crippen MR) is 90.5 cm³/mol. The Bertz CT molecular complexity index is 719. The molecule has 2 heterocycles. The summed E-state index contributed by atoms with van der Waals surface area (Å²) in [6, 6.07) is 7.88. The monoisotopic (exact) mass is 332 g/mol. The molecule has 0 amide bonds. The van der Waals surface area contributed by atoms with Gasteiger partial charge in [0, 0.05) is 21.9 Å². The number of nitrogens with one attached hydrogen (secondary N) is 1. The zero-order valence-electron chi connectivity index (χ0n) is 12.1. The van der Waals surface area contributed by atoms with Crippen molar-refractivity contribution in [3.63, 3.8) is 0 Å². The molecule has 22 heavy (non-hydrogen) atoms. The van der Waals surface area contributed by atoms with E-state index in [9.17, 15) is 0 Å². The molecule has 4 nitrogen and oxygen atoms in total. The maximum atomic E-state index is 6.32. The molecule has 0 atom stereocenters. The summed E-state index contributed by atoms with van der Waals surface area (Å²) >= 11 is 7.91. The number of benzene rings is 1. The summed E-state index contributed by atoms with van der Waals surface area (Å²) < 4.78 is 2.04. The molecule has 6 heteroatoms. The Balaban J connectivity index is 1.65. The highest BCUT2D eigenvalue weighted by Crippen LogP contribution is 2.36. The topological polar surface area (TPSA) is 42.7 Å². The first-order chi connectivity index (χ1) is 10.8. The van der Waals surface area contributed by atoms with E-state index in [2.05, 4.69) is 21.0 Å². The fourth-order valence-electron chi connectivity index (χ4n) is 3.15. The van der Waals surface area contributed by atoms with Gasteiger partial charge in [-0.2, -0.15) is 0 Å². The summed E-state index contributed by atoms with van der Waals surface area (Å²) in [6.07, 6.45) is 6.32. The van der Waals surface area contributed by atoms with Crippen LogP contribution in [0.5, 0.6) is 0 Å². The molecule has 0 bridgehead atoms. The largest absolute Gasteiger partial charge is 0.290 e. The maximum absolute atomic E-state index is 6.32. The number of hydrogen-bond acceptors (Lipinski definition) is 4. The van der Waals surface area contributed by atoms with Crippen LogP contribution in [0.15, 0.2) is 34.8 Å². The minimum Gasteiger partial charge on any atom is -0.290 e. The highest BCUT2D eigenvalue weighted by molar-refractivity contribution is 8.02. The molecule has 1 aromatic heterocycles. The van der Waals surface area contributed by atoms with E-state index in [0.717, 1.165) is 27.3 Å². The zero-order valence-corrected chi connectivity index (χ0v) is 13.7. The van der Waals surface area contributed by atoms with E-state index in [1.807, 2.05) is 28.9 Å². The summed E-state index contributed by atoms with van der Waals surface area (Å²) in [7, 11) is 0. The molecular formula is C16H17ClN4S. The standard InChI is InChI=1S/C16H17ClN4S/c17-13-9-5-4-8-12(13)14-10-22-16-19-18-15(21(16)20-14)11-6-2-1-3-7-11/h4-5,8-11,20H,1-3,6-7H2. The van der Waals surface area contributed by atoms with Gasteiger partial charge in [0.15, 0.2) is 5.82 Å². The minimum absolute atomic E-state index is 0.508. The SMILES string of the molecule is Clc1ccccc1C1=CSc2nnc(C3CCCCC3)n2N1. The molecule has 1 saturated carbocycles. The van der Waals surface area contributed by atoms with Crippen molar-refractivity contribution in [2.45, 2.75) is 43.2 Å². The van der Waals surface area contributed by atoms with Gasteiger partial charge in [-0.25, -0.2) is 4.68 Å². The molecule has 114 valence electrons. The lowest BCUT2D eigenvalue weighted by atomic mass is 9.89. The van der Waals surface area contributed by atoms with Gasteiger partial charge in [-0.05, 0) is 18.9 Å². The molecule has 1 aliphatic heterocycles. The smallest absolute Gasteiger partial charge is 0.214 e. The van der Waals surface area contributed by atoms with E-state index in [4.69, 9.17) is 11.6 Å². The molecule has 1 N–H and O–H groups in total. The molecule has 1 fully saturated rings. The van der Waals surface area contributed by atoms with Crippen LogP contribution in [0.2, 0.25) is 5.02 Å². The van der Waals surface area contributed by atoms with Crippen molar-refractivity contribution in [2.75, 3.05) is 5.43 Å². The van der Waals surface area contributed by atoms with Gasteiger partial charge >= 0.3 is 0 Å². The van der Waals surface area contributed by atoms with Crippen LogP contribution in [0.3, 0.4) is 0 Å². The van der Waals surface area contributed by atoms with Crippen molar-refractivity contribution >= 4 is 29.1 Å². The van der Waals surface area contributed by atoms with Crippen LogP contribution in [-0.2, 0) is 0 Å². The first-order valence-corrected chi connectivity index (χ1v) is 8.93. The van der Waals surface area contributed by atoms with Crippen LogP contribution >= 0.6 is 23.4 Å². The molecule has 2 aliphatic rings. The molecule has 0 unspecified atom stereocenters. The van der Waals surface area contributed by atoms with Crippen molar-refractivity contribution in [1.29, 1.82) is 0 Å². The molecular weight excluding hydrogens is 316 g/mol. The van der Waals surface area contributed by atoms with Crippen molar-refractivity contribution in [2.24, 2.45) is 0 Å². The van der Waals surface area contributed by atoms with Gasteiger partial charge in [-0.15, -0.1) is 10.2 Å². The van der Waals surface area contributed by atoms with Gasteiger partial charge < -0.3 is 0 Å². The first kappa shape index (κ1) is 14.2. The van der Waals surface area contributed by atoms with Crippen LogP contribution in [-0.4, -0.2) is 14.9 Å². The number of rotatable bonds is 2. The van der Waals surface area contributed by atoms with Gasteiger partial charge in [0.2, 0.25) is 5.16 Å². The third kappa shape index (κ3) is 2.52. The lowest BCUT2D eigenvalue weighted by Crippen LogP contribution is -2.22. The average Bonchev–Trinajstić information content (AvgIpc) is 2.99. The minimum atomic E-state index is 0.508. The Kier molecular flexibility index (Phi) is 3.84. The summed E-state index contributed by atoms with van der Waals surface area (Å²) in [5, 5.41) is 12.5. The first-order valence-electron chi connectivity index (χ1n) is 7.67. The Morgan fingerprint density at radius 1 is 1.14 bits per heavy atom. The summed E-state index contributed by atoms with van der Waals surface area (Å²) in [5.41, 5.74) is 5.45. The number of halogens is 1. The van der Waals surface area contributed by atoms with Gasteiger partial charge in [-0.1, -0.05) is 60.8 Å². The van der Waals surface area contributed by atoms with Gasteiger partial charge in [0.1, 0.15) is 0 Å². The molecule has 1 aliphatic carbocycles. The van der Waals surface area contributed by atoms with E-state index in [-0.39, 0.29) is 0 Å². The Morgan fingerprint density at radius 3 is 2.77 bits per heavy atom. The van der Waals surface area contributed by atoms with E-state index in [0.29, 0.717) is 5.92 Å². The van der Waals surface area contributed by atoms with E-state index in [1.54, 1.807) is 11.8 Å². The van der Waals surface area contributed by atoms with Crippen molar-refractivity contribution in [3.05, 3.63) is 46.1 Å². The fraction of sp³-hybridized carbons (Fsp3) is 0.375. The van der Waals surface area contributed by atoms with Crippen LogP contribution in [0, 0.1) is 0 Å². The average molecular weight is 333 g/mol. The lowest BCUT2D eigenvalue weighted by Gasteiger charge is -2.24. The molecule has 0 spiro atoms. The maximum Gasteiger partial charge on any atom is 0.214 e. The third-order valence-corrected chi connectivity index (χ3v) is 5.47. The lowest BCUT2D eigenvalue weighted by molar-refractivity contribution is 0.420. The highest BCUT2D eigenvalue weighted by atomic mass is 35.5. The number of thioether (sulfide) groups is 1. The van der Waals surface area contributed by atoms with E-state index in [1.165, 1.54) is 32.1 Å². The van der Waals surface area contributed by atoms with Gasteiger partial charge in [-0.3, -0.25) is 5.43 Å². The second-order valence-corrected chi connectivity index (χ2v) is 7.00. The van der Waals surface area contributed by atoms with Crippen LogP contribution < -0.4 is 5.43 Å². The molecule has 2 aromatic rings. The number of nitrogens with zero attached hydrogens (tertiary/aromatic N) is 3. The number of hydrogen-bond donors (Lipinski definition) is 1. The van der Waals surface area contributed by atoms with Crippen LogP contribution in [0.1, 0.15) is 49.4 Å². The second-order valence-electron chi connectivity index (χ2n) is 5.75. The Hall–Kier alpha value is -1.46. The van der Waals surface area contributed by atoms with Crippen molar-refractivity contribution in [3.8, 4) is 0 Å². The summed E-state index contributed by atoms with van der Waals surface area (Å²) in [5.74, 6) is 1.56. The predicted octanol–water partition coefficient (Wildman–Crippen LogP) is 4.63. The normalized spacial score (nSPS) is 18.5. The summed E-state index contributed by atoms with van der Waals surface area (Å²) in [4.78, 5) is 0. The molecule has 0 saturated heterocycles. The zero-order chi connectivity index (χ0) is 14.9. The van der Waals surface area contributed by atoms with Crippen molar-refractivity contribution < 1.29 is 0 Å². The Morgan fingerprint density at radius 2 is 1.95 bits per heavy atom. The third-order valence-electron chi connectivity index (χ3n) is 4.31. The fourth-order valence-corrected chi connectivity index (χ4v) is 4.12. The molecule has 0 radical (unpaired) electrons.